The Morgan fingerprint density at radius 2 is 1.71 bits per heavy atom. The second kappa shape index (κ2) is 8.77. The molecule has 0 aliphatic carbocycles. The van der Waals surface area contributed by atoms with Gasteiger partial charge in [-0.2, -0.15) is 0 Å². The molecule has 2 heterocycles. The summed E-state index contributed by atoms with van der Waals surface area (Å²) in [6, 6.07) is 19.8. The molecule has 34 heavy (non-hydrogen) atoms. The summed E-state index contributed by atoms with van der Waals surface area (Å²) in [5, 5.41) is 8.24. The summed E-state index contributed by atoms with van der Waals surface area (Å²) in [7, 11) is -3.69. The molecule has 0 unspecified atom stereocenters. The molecule has 0 bridgehead atoms. The SMILES string of the molecule is C=C1NCC2(CCN(C(=O)c3ccc(CNS(=O)(=O)c4cccc5ccccc45)cc3)CC2)N1. The van der Waals surface area contributed by atoms with Crippen molar-refractivity contribution in [1.82, 2.24) is 20.3 Å². The molecule has 5 rings (SSSR count). The Hall–Kier alpha value is -3.36. The van der Waals surface area contributed by atoms with Gasteiger partial charge in [0.05, 0.1) is 16.3 Å². The monoisotopic (exact) mass is 476 g/mol. The van der Waals surface area contributed by atoms with Gasteiger partial charge < -0.3 is 15.5 Å². The van der Waals surface area contributed by atoms with E-state index in [9.17, 15) is 13.2 Å². The van der Waals surface area contributed by atoms with E-state index in [2.05, 4.69) is 21.9 Å². The van der Waals surface area contributed by atoms with Crippen LogP contribution in [0.4, 0.5) is 0 Å². The maximum Gasteiger partial charge on any atom is 0.253 e. The number of likely N-dealkylation sites (tertiary alicyclic amines) is 1. The number of benzene rings is 3. The first kappa shape index (κ1) is 22.4. The number of sulfonamides is 1. The zero-order valence-electron chi connectivity index (χ0n) is 18.9. The average molecular weight is 477 g/mol. The zero-order chi connectivity index (χ0) is 23.8. The standard InChI is InChI=1S/C26H28N4O3S/c1-19-27-18-26(29-19)13-15-30(16-14-26)25(31)22-11-9-20(10-12-22)17-28-34(32,33)24-8-4-6-21-5-2-3-7-23(21)24/h2-12,27-29H,1,13-18H2. The van der Waals surface area contributed by atoms with Crippen molar-refractivity contribution in [3.05, 3.63) is 90.3 Å². The third-order valence-electron chi connectivity index (χ3n) is 6.77. The Morgan fingerprint density at radius 3 is 2.41 bits per heavy atom. The second-order valence-corrected chi connectivity index (χ2v) is 10.8. The molecule has 0 saturated carbocycles. The van der Waals surface area contributed by atoms with Crippen LogP contribution in [-0.2, 0) is 16.6 Å². The summed E-state index contributed by atoms with van der Waals surface area (Å²) < 4.78 is 28.6. The van der Waals surface area contributed by atoms with Gasteiger partial charge in [0.15, 0.2) is 0 Å². The number of hydrogen-bond donors (Lipinski definition) is 3. The minimum Gasteiger partial charge on any atom is -0.370 e. The van der Waals surface area contributed by atoms with Crippen molar-refractivity contribution >= 4 is 26.7 Å². The number of carbonyl (C=O) groups excluding carboxylic acids is 1. The number of piperidine rings is 1. The fraction of sp³-hybridized carbons (Fsp3) is 0.269. The number of rotatable bonds is 5. The molecule has 7 nitrogen and oxygen atoms in total. The zero-order valence-corrected chi connectivity index (χ0v) is 19.7. The quantitative estimate of drug-likeness (QED) is 0.527. The van der Waals surface area contributed by atoms with Gasteiger partial charge in [-0.3, -0.25) is 4.79 Å². The predicted octanol–water partition coefficient (Wildman–Crippen LogP) is 2.96. The summed E-state index contributed by atoms with van der Waals surface area (Å²) in [6.07, 6.45) is 1.75. The molecule has 2 aliphatic heterocycles. The Kier molecular flexibility index (Phi) is 5.79. The maximum absolute atomic E-state index is 13.0. The summed E-state index contributed by atoms with van der Waals surface area (Å²) >= 11 is 0. The fourth-order valence-electron chi connectivity index (χ4n) is 4.76. The number of nitrogens with zero attached hydrogens (tertiary/aromatic N) is 1. The van der Waals surface area contributed by atoms with E-state index >= 15 is 0 Å². The highest BCUT2D eigenvalue weighted by Crippen LogP contribution is 2.27. The Bertz CT molecular complexity index is 1340. The third kappa shape index (κ3) is 4.38. The molecule has 0 aromatic heterocycles. The molecule has 8 heteroatoms. The molecule has 2 aliphatic rings. The van der Waals surface area contributed by atoms with Gasteiger partial charge in [-0.1, -0.05) is 55.1 Å². The van der Waals surface area contributed by atoms with Crippen molar-refractivity contribution in [2.75, 3.05) is 19.6 Å². The van der Waals surface area contributed by atoms with E-state index in [0.717, 1.165) is 36.2 Å². The molecule has 2 saturated heterocycles. The van der Waals surface area contributed by atoms with Crippen molar-refractivity contribution in [3.63, 3.8) is 0 Å². The second-order valence-electron chi connectivity index (χ2n) is 9.03. The molecule has 176 valence electrons. The van der Waals surface area contributed by atoms with Crippen LogP contribution in [0.15, 0.2) is 84.0 Å². The van der Waals surface area contributed by atoms with E-state index in [4.69, 9.17) is 0 Å². The first-order valence-electron chi connectivity index (χ1n) is 11.4. The minimum atomic E-state index is -3.69. The first-order valence-corrected chi connectivity index (χ1v) is 12.9. The van der Waals surface area contributed by atoms with Crippen LogP contribution in [0.25, 0.3) is 10.8 Å². The number of fused-ring (bicyclic) bond motifs is 1. The highest BCUT2D eigenvalue weighted by atomic mass is 32.2. The smallest absolute Gasteiger partial charge is 0.253 e. The van der Waals surface area contributed by atoms with Crippen molar-refractivity contribution in [2.24, 2.45) is 0 Å². The molecular formula is C26H28N4O3S. The molecule has 3 aromatic carbocycles. The normalized spacial score (nSPS) is 17.5. The molecule has 2 fully saturated rings. The first-order chi connectivity index (χ1) is 16.4. The van der Waals surface area contributed by atoms with Gasteiger partial charge in [-0.15, -0.1) is 0 Å². The van der Waals surface area contributed by atoms with Gasteiger partial charge in [-0.25, -0.2) is 13.1 Å². The van der Waals surface area contributed by atoms with E-state index in [-0.39, 0.29) is 22.9 Å². The Labute approximate surface area is 199 Å². The lowest BCUT2D eigenvalue weighted by atomic mass is 9.88. The summed E-state index contributed by atoms with van der Waals surface area (Å²) in [5.74, 6) is 0.856. The molecule has 3 aromatic rings. The van der Waals surface area contributed by atoms with Gasteiger partial charge in [0, 0.05) is 37.1 Å². The highest BCUT2D eigenvalue weighted by molar-refractivity contribution is 7.89. The largest absolute Gasteiger partial charge is 0.370 e. The molecule has 0 atom stereocenters. The van der Waals surface area contributed by atoms with Gasteiger partial charge in [0.25, 0.3) is 5.91 Å². The van der Waals surface area contributed by atoms with Crippen LogP contribution in [0.5, 0.6) is 0 Å². The minimum absolute atomic E-state index is 0.00103. The third-order valence-corrected chi connectivity index (χ3v) is 8.23. The summed E-state index contributed by atoms with van der Waals surface area (Å²) in [4.78, 5) is 15.1. The number of nitrogens with one attached hydrogen (secondary N) is 3. The van der Waals surface area contributed by atoms with Gasteiger partial charge >= 0.3 is 0 Å². The van der Waals surface area contributed by atoms with Crippen LogP contribution in [0.1, 0.15) is 28.8 Å². The van der Waals surface area contributed by atoms with Crippen LogP contribution in [0, 0.1) is 0 Å². The maximum atomic E-state index is 13.0. The Morgan fingerprint density at radius 1 is 1.00 bits per heavy atom. The van der Waals surface area contributed by atoms with Crippen LogP contribution in [0.3, 0.4) is 0 Å². The molecular weight excluding hydrogens is 448 g/mol. The van der Waals surface area contributed by atoms with Gasteiger partial charge in [0.2, 0.25) is 10.0 Å². The van der Waals surface area contributed by atoms with Crippen molar-refractivity contribution in [2.45, 2.75) is 29.8 Å². The van der Waals surface area contributed by atoms with Crippen LogP contribution in [-0.4, -0.2) is 44.4 Å². The van der Waals surface area contributed by atoms with E-state index < -0.39 is 10.0 Å². The Balaban J connectivity index is 1.22. The van der Waals surface area contributed by atoms with Crippen molar-refractivity contribution in [3.8, 4) is 0 Å². The molecule has 1 amide bonds. The number of hydrogen-bond acceptors (Lipinski definition) is 5. The van der Waals surface area contributed by atoms with Gasteiger partial charge in [0.1, 0.15) is 0 Å². The van der Waals surface area contributed by atoms with Crippen LogP contribution >= 0.6 is 0 Å². The average Bonchev–Trinajstić information content (AvgIpc) is 3.22. The van der Waals surface area contributed by atoms with Gasteiger partial charge in [-0.05, 0) is 42.0 Å². The lowest BCUT2D eigenvalue weighted by Crippen LogP contribution is -2.53. The lowest BCUT2D eigenvalue weighted by Gasteiger charge is -2.38. The van der Waals surface area contributed by atoms with Crippen molar-refractivity contribution < 1.29 is 13.2 Å². The summed E-state index contributed by atoms with van der Waals surface area (Å²) in [6.45, 7) is 6.30. The summed E-state index contributed by atoms with van der Waals surface area (Å²) in [5.41, 5.74) is 1.40. The van der Waals surface area contributed by atoms with Crippen LogP contribution in [0.2, 0.25) is 0 Å². The van der Waals surface area contributed by atoms with Crippen molar-refractivity contribution in [1.29, 1.82) is 0 Å². The number of carbonyl (C=O) groups is 1. The van der Waals surface area contributed by atoms with E-state index in [1.807, 2.05) is 35.2 Å². The number of amides is 1. The van der Waals surface area contributed by atoms with E-state index in [1.165, 1.54) is 0 Å². The lowest BCUT2D eigenvalue weighted by molar-refractivity contribution is 0.0667. The topological polar surface area (TPSA) is 90.5 Å². The van der Waals surface area contributed by atoms with E-state index in [0.29, 0.717) is 24.0 Å². The fourth-order valence-corrected chi connectivity index (χ4v) is 6.00. The predicted molar refractivity (Wildman–Crippen MR) is 133 cm³/mol. The molecule has 0 radical (unpaired) electrons. The van der Waals surface area contributed by atoms with Crippen LogP contribution < -0.4 is 15.4 Å². The highest BCUT2D eigenvalue weighted by Gasteiger charge is 2.39. The molecule has 1 spiro atoms. The molecule has 3 N–H and O–H groups in total. The van der Waals surface area contributed by atoms with E-state index in [1.54, 1.807) is 36.4 Å².